The number of Topliss-reactive ketones (excluding diaryl/α,β-unsaturated/α-hetero) is 4. The number of carbonyl (C=O) groups is 6. The van der Waals surface area contributed by atoms with Gasteiger partial charge in [0.15, 0.2) is 11.6 Å². The molecule has 1 aliphatic rings. The average molecular weight is 623 g/mol. The van der Waals surface area contributed by atoms with Gasteiger partial charge < -0.3 is 31.2 Å². The Labute approximate surface area is 254 Å². The van der Waals surface area contributed by atoms with Crippen LogP contribution in [0.1, 0.15) is 51.5 Å². The summed E-state index contributed by atoms with van der Waals surface area (Å²) in [6.07, 6.45) is 2.08. The van der Waals surface area contributed by atoms with Crippen molar-refractivity contribution in [1.29, 1.82) is 0 Å². The summed E-state index contributed by atoms with van der Waals surface area (Å²) in [5.41, 5.74) is 0.785. The van der Waals surface area contributed by atoms with E-state index in [4.69, 9.17) is 0 Å². The van der Waals surface area contributed by atoms with Crippen molar-refractivity contribution in [2.75, 3.05) is 37.7 Å². The first kappa shape index (κ1) is 35.5. The van der Waals surface area contributed by atoms with Gasteiger partial charge in [-0.2, -0.15) is 0 Å². The Balaban J connectivity index is 2.13. The van der Waals surface area contributed by atoms with Gasteiger partial charge in [-0.05, 0) is 63.8 Å². The minimum absolute atomic E-state index is 0.0165. The number of rotatable bonds is 9. The third-order valence-corrected chi connectivity index (χ3v) is 9.01. The Hall–Kier alpha value is -2.74. The Morgan fingerprint density at radius 2 is 1.71 bits per heavy atom. The highest BCUT2D eigenvalue weighted by atomic mass is 33.1. The molecule has 0 radical (unpaired) electrons. The molecule has 2 unspecified atom stereocenters. The zero-order valence-electron chi connectivity index (χ0n) is 24.2. The molecule has 1 fully saturated rings. The molecule has 0 aromatic heterocycles. The van der Waals surface area contributed by atoms with E-state index in [0.29, 0.717) is 37.3 Å². The Bertz CT molecular complexity index is 1080. The summed E-state index contributed by atoms with van der Waals surface area (Å²) in [6.45, 7) is 3.36. The number of nitrogens with one attached hydrogen (secondary N) is 4. The van der Waals surface area contributed by atoms with Crippen molar-refractivity contribution in [3.63, 3.8) is 0 Å². The fourth-order valence-corrected chi connectivity index (χ4v) is 6.65. The molecule has 11 nitrogen and oxygen atoms in total. The lowest BCUT2D eigenvalue weighted by Gasteiger charge is -2.22. The summed E-state index contributed by atoms with van der Waals surface area (Å²) < 4.78 is 0. The van der Waals surface area contributed by atoms with E-state index in [9.17, 15) is 33.9 Å². The SMILES string of the molecule is CC(=O)CNCC(=O)C1CSSCCC(CC(C)=O)C(=O)N[C@@H](Cc2ccc(O)cc2)C(=O)CCCCNCC(=O)N1. The number of phenols is 1. The maximum Gasteiger partial charge on any atom is 0.234 e. The van der Waals surface area contributed by atoms with E-state index < -0.39 is 18.0 Å². The Morgan fingerprint density at radius 3 is 2.40 bits per heavy atom. The van der Waals surface area contributed by atoms with Gasteiger partial charge in [0, 0.05) is 30.3 Å². The highest BCUT2D eigenvalue weighted by Crippen LogP contribution is 2.26. The fourth-order valence-electron chi connectivity index (χ4n) is 4.31. The van der Waals surface area contributed by atoms with E-state index >= 15 is 0 Å². The number of phenolic OH excluding ortho intramolecular Hbond substituents is 1. The van der Waals surface area contributed by atoms with Crippen LogP contribution in [-0.2, 0) is 35.2 Å². The van der Waals surface area contributed by atoms with Crippen LogP contribution in [0.3, 0.4) is 0 Å². The van der Waals surface area contributed by atoms with Crippen LogP contribution in [0.5, 0.6) is 5.75 Å². The van der Waals surface area contributed by atoms with Crippen LogP contribution in [0.15, 0.2) is 24.3 Å². The van der Waals surface area contributed by atoms with Gasteiger partial charge in [0.1, 0.15) is 17.3 Å². The van der Waals surface area contributed by atoms with E-state index in [0.717, 1.165) is 5.56 Å². The lowest BCUT2D eigenvalue weighted by Crippen LogP contribution is -2.48. The molecule has 1 aromatic carbocycles. The van der Waals surface area contributed by atoms with Crippen molar-refractivity contribution >= 4 is 56.5 Å². The van der Waals surface area contributed by atoms with Gasteiger partial charge in [-0.25, -0.2) is 0 Å². The summed E-state index contributed by atoms with van der Waals surface area (Å²) in [5.74, 6) is -0.998. The molecule has 232 valence electrons. The molecule has 0 aliphatic carbocycles. The smallest absolute Gasteiger partial charge is 0.234 e. The predicted molar refractivity (Wildman–Crippen MR) is 164 cm³/mol. The Morgan fingerprint density at radius 1 is 0.976 bits per heavy atom. The minimum atomic E-state index is -0.775. The molecule has 0 spiro atoms. The molecular weight excluding hydrogens is 580 g/mol. The van der Waals surface area contributed by atoms with Gasteiger partial charge >= 0.3 is 0 Å². The van der Waals surface area contributed by atoms with Gasteiger partial charge in [0.25, 0.3) is 0 Å². The van der Waals surface area contributed by atoms with E-state index in [1.54, 1.807) is 12.1 Å². The van der Waals surface area contributed by atoms with Crippen LogP contribution in [0.25, 0.3) is 0 Å². The molecule has 1 aromatic rings. The molecule has 0 saturated carbocycles. The second-order valence-corrected chi connectivity index (χ2v) is 13.0. The summed E-state index contributed by atoms with van der Waals surface area (Å²) in [7, 11) is 2.81. The van der Waals surface area contributed by atoms with Crippen molar-refractivity contribution in [3.8, 4) is 5.75 Å². The fraction of sp³-hybridized carbons (Fsp3) is 0.586. The average Bonchev–Trinajstić information content (AvgIpc) is 2.93. The van der Waals surface area contributed by atoms with Crippen LogP contribution >= 0.6 is 21.6 Å². The maximum atomic E-state index is 13.3. The molecule has 42 heavy (non-hydrogen) atoms. The highest BCUT2D eigenvalue weighted by Gasteiger charge is 2.27. The first-order chi connectivity index (χ1) is 20.0. The third kappa shape index (κ3) is 14.4. The lowest BCUT2D eigenvalue weighted by atomic mass is 9.95. The first-order valence-corrected chi connectivity index (χ1v) is 16.6. The van der Waals surface area contributed by atoms with Crippen LogP contribution < -0.4 is 21.3 Å². The number of benzene rings is 1. The summed E-state index contributed by atoms with van der Waals surface area (Å²) in [5, 5.41) is 21.1. The molecule has 0 bridgehead atoms. The van der Waals surface area contributed by atoms with Gasteiger partial charge in [0.05, 0.1) is 31.7 Å². The number of carbonyl (C=O) groups excluding carboxylic acids is 6. The maximum absolute atomic E-state index is 13.3. The second-order valence-electron chi connectivity index (χ2n) is 10.4. The summed E-state index contributed by atoms with van der Waals surface area (Å²) >= 11 is 0. The largest absolute Gasteiger partial charge is 0.508 e. The quantitative estimate of drug-likeness (QED) is 0.252. The Kier molecular flexibility index (Phi) is 16.4. The van der Waals surface area contributed by atoms with Crippen LogP contribution in [0.4, 0.5) is 0 Å². The molecule has 13 heteroatoms. The van der Waals surface area contributed by atoms with E-state index in [1.807, 2.05) is 0 Å². The molecular formula is C29H42N4O7S2. The molecule has 5 N–H and O–H groups in total. The zero-order valence-corrected chi connectivity index (χ0v) is 25.9. The van der Waals surface area contributed by atoms with Gasteiger partial charge in [0.2, 0.25) is 11.8 Å². The van der Waals surface area contributed by atoms with E-state index in [2.05, 4.69) is 21.3 Å². The van der Waals surface area contributed by atoms with Crippen molar-refractivity contribution < 1.29 is 33.9 Å². The van der Waals surface area contributed by atoms with Crippen molar-refractivity contribution in [1.82, 2.24) is 21.3 Å². The second kappa shape index (κ2) is 19.4. The molecule has 1 saturated heterocycles. The minimum Gasteiger partial charge on any atom is -0.508 e. The summed E-state index contributed by atoms with van der Waals surface area (Å²) in [6, 6.07) is 4.94. The normalized spacial score (nSPS) is 22.1. The van der Waals surface area contributed by atoms with Crippen molar-refractivity contribution in [2.24, 2.45) is 5.92 Å². The lowest BCUT2D eigenvalue weighted by molar-refractivity contribution is -0.132. The number of amides is 2. The standard InChI is InChI=1S/C29H42N4O7S2/c1-19(34)13-22-10-12-41-42-18-25(27(38)16-31-15-20(2)35)32-28(39)17-30-11-4-3-5-26(37)24(33-29(22)40)14-21-6-8-23(36)9-7-21/h6-9,22,24-25,30-31,36H,3-5,10-18H2,1-2H3,(H,32,39)(H,33,40)/t22?,24-,25?/m0/s1. The summed E-state index contributed by atoms with van der Waals surface area (Å²) in [4.78, 5) is 74.9. The number of hydrogen-bond donors (Lipinski definition) is 5. The molecule has 1 heterocycles. The molecule has 1 aliphatic heterocycles. The number of hydrogen-bond acceptors (Lipinski definition) is 11. The monoisotopic (exact) mass is 622 g/mol. The van der Waals surface area contributed by atoms with Gasteiger partial charge in [-0.1, -0.05) is 33.7 Å². The van der Waals surface area contributed by atoms with Gasteiger partial charge in [-0.15, -0.1) is 0 Å². The molecule has 2 amide bonds. The van der Waals surface area contributed by atoms with Crippen molar-refractivity contribution in [3.05, 3.63) is 29.8 Å². The zero-order chi connectivity index (χ0) is 30.9. The van der Waals surface area contributed by atoms with E-state index in [1.165, 1.54) is 47.6 Å². The van der Waals surface area contributed by atoms with Gasteiger partial charge in [-0.3, -0.25) is 24.0 Å². The van der Waals surface area contributed by atoms with Crippen molar-refractivity contribution in [2.45, 2.75) is 64.5 Å². The highest BCUT2D eigenvalue weighted by molar-refractivity contribution is 8.76. The van der Waals surface area contributed by atoms with Crippen LogP contribution in [0.2, 0.25) is 0 Å². The predicted octanol–water partition coefficient (Wildman–Crippen LogP) is 1.36. The molecule has 2 rings (SSSR count). The number of aromatic hydroxyl groups is 1. The van der Waals surface area contributed by atoms with E-state index in [-0.39, 0.29) is 79.6 Å². The van der Waals surface area contributed by atoms with Crippen LogP contribution in [0, 0.1) is 5.92 Å². The third-order valence-electron chi connectivity index (χ3n) is 6.56. The first-order valence-electron chi connectivity index (χ1n) is 14.1. The van der Waals surface area contributed by atoms with Crippen LogP contribution in [-0.4, -0.2) is 89.8 Å². The topological polar surface area (TPSA) is 171 Å². The number of ketones is 4. The molecule has 3 atom stereocenters.